The van der Waals surface area contributed by atoms with Gasteiger partial charge in [0.2, 0.25) is 0 Å². The highest BCUT2D eigenvalue weighted by molar-refractivity contribution is 5.98. The molecule has 0 spiro atoms. The quantitative estimate of drug-likeness (QED) is 0.787. The normalized spacial score (nSPS) is 18.0. The molecule has 0 saturated carbocycles. The Labute approximate surface area is 122 Å². The van der Waals surface area contributed by atoms with E-state index in [2.05, 4.69) is 11.8 Å². The Morgan fingerprint density at radius 2 is 1.95 bits per heavy atom. The molecule has 0 bridgehead atoms. The standard InChI is InChI=1S/C16H20F3NO/c1-3-20-8-6-11(7-9-20)15(21)13-5-4-12(10-14(13)17)16(2,18)19/h4-5,10-11H,3,6-9H2,1-2H3. The van der Waals surface area contributed by atoms with Gasteiger partial charge in [-0.3, -0.25) is 4.79 Å². The zero-order valence-electron chi connectivity index (χ0n) is 12.3. The molecule has 1 aliphatic heterocycles. The van der Waals surface area contributed by atoms with Crippen molar-refractivity contribution in [1.29, 1.82) is 0 Å². The number of Topliss-reactive ketones (excluding diaryl/α,β-unsaturated/α-hetero) is 1. The second kappa shape index (κ2) is 6.18. The molecule has 0 unspecified atom stereocenters. The Morgan fingerprint density at radius 1 is 1.33 bits per heavy atom. The summed E-state index contributed by atoms with van der Waals surface area (Å²) >= 11 is 0. The number of rotatable bonds is 4. The van der Waals surface area contributed by atoms with Gasteiger partial charge in [-0.15, -0.1) is 0 Å². The van der Waals surface area contributed by atoms with Crippen LogP contribution in [0.4, 0.5) is 13.2 Å². The fraction of sp³-hybridized carbons (Fsp3) is 0.562. The van der Waals surface area contributed by atoms with Crippen molar-refractivity contribution in [3.8, 4) is 0 Å². The van der Waals surface area contributed by atoms with E-state index < -0.39 is 17.3 Å². The van der Waals surface area contributed by atoms with Gasteiger partial charge in [0.05, 0.1) is 5.56 Å². The number of likely N-dealkylation sites (tertiary alicyclic amines) is 1. The highest BCUT2D eigenvalue weighted by atomic mass is 19.3. The first-order valence-corrected chi connectivity index (χ1v) is 7.27. The van der Waals surface area contributed by atoms with E-state index in [0.29, 0.717) is 19.8 Å². The highest BCUT2D eigenvalue weighted by Gasteiger charge is 2.29. The first-order valence-electron chi connectivity index (χ1n) is 7.27. The third kappa shape index (κ3) is 3.64. The number of carbonyl (C=O) groups is 1. The van der Waals surface area contributed by atoms with Gasteiger partial charge in [-0.2, -0.15) is 0 Å². The largest absolute Gasteiger partial charge is 0.304 e. The third-order valence-electron chi connectivity index (χ3n) is 4.15. The van der Waals surface area contributed by atoms with E-state index in [4.69, 9.17) is 0 Å². The van der Waals surface area contributed by atoms with Crippen LogP contribution in [0.2, 0.25) is 0 Å². The van der Waals surface area contributed by atoms with Gasteiger partial charge in [-0.05, 0) is 44.6 Å². The summed E-state index contributed by atoms with van der Waals surface area (Å²) in [5, 5.41) is 0. The van der Waals surface area contributed by atoms with Gasteiger partial charge in [-0.1, -0.05) is 13.0 Å². The molecule has 116 valence electrons. The molecule has 1 saturated heterocycles. The zero-order valence-corrected chi connectivity index (χ0v) is 12.3. The van der Waals surface area contributed by atoms with Crippen molar-refractivity contribution in [2.24, 2.45) is 5.92 Å². The number of halogens is 3. The van der Waals surface area contributed by atoms with Gasteiger partial charge in [0.15, 0.2) is 5.78 Å². The van der Waals surface area contributed by atoms with Gasteiger partial charge in [-0.25, -0.2) is 13.2 Å². The fourth-order valence-corrected chi connectivity index (χ4v) is 2.72. The van der Waals surface area contributed by atoms with Crippen molar-refractivity contribution >= 4 is 5.78 Å². The Bertz CT molecular complexity index is 517. The summed E-state index contributed by atoms with van der Waals surface area (Å²) in [5.41, 5.74) is -0.477. The molecule has 0 amide bonds. The SMILES string of the molecule is CCN1CCC(C(=O)c2ccc(C(C)(F)F)cc2F)CC1. The van der Waals surface area contributed by atoms with Crippen molar-refractivity contribution in [2.45, 2.75) is 32.6 Å². The molecule has 5 heteroatoms. The molecule has 1 aliphatic rings. The van der Waals surface area contributed by atoms with Crippen LogP contribution < -0.4 is 0 Å². The van der Waals surface area contributed by atoms with Crippen molar-refractivity contribution in [2.75, 3.05) is 19.6 Å². The number of nitrogens with zero attached hydrogens (tertiary/aromatic N) is 1. The maximum atomic E-state index is 14.0. The minimum absolute atomic E-state index is 0.0713. The lowest BCUT2D eigenvalue weighted by atomic mass is 9.88. The van der Waals surface area contributed by atoms with Crippen LogP contribution in [0, 0.1) is 11.7 Å². The smallest absolute Gasteiger partial charge is 0.270 e. The molecule has 2 nitrogen and oxygen atoms in total. The Morgan fingerprint density at radius 3 is 2.43 bits per heavy atom. The lowest BCUT2D eigenvalue weighted by molar-refractivity contribution is 0.0171. The van der Waals surface area contributed by atoms with E-state index in [1.54, 1.807) is 0 Å². The number of benzene rings is 1. The van der Waals surface area contributed by atoms with Crippen LogP contribution in [0.25, 0.3) is 0 Å². The molecule has 2 rings (SSSR count). The predicted molar refractivity (Wildman–Crippen MR) is 75.1 cm³/mol. The number of piperidine rings is 1. The summed E-state index contributed by atoms with van der Waals surface area (Å²) in [6.45, 7) is 5.35. The molecule has 1 aromatic rings. The Balaban J connectivity index is 2.13. The van der Waals surface area contributed by atoms with E-state index in [9.17, 15) is 18.0 Å². The summed E-state index contributed by atoms with van der Waals surface area (Å²) in [7, 11) is 0. The molecule has 1 fully saturated rings. The maximum Gasteiger partial charge on any atom is 0.270 e. The van der Waals surface area contributed by atoms with E-state index >= 15 is 0 Å². The molecule has 21 heavy (non-hydrogen) atoms. The molecule has 0 aromatic heterocycles. The summed E-state index contributed by atoms with van der Waals surface area (Å²) < 4.78 is 40.3. The zero-order chi connectivity index (χ0) is 15.6. The molecule has 0 aliphatic carbocycles. The molecule has 1 aromatic carbocycles. The molecule has 0 atom stereocenters. The molecular formula is C16H20F3NO. The van der Waals surface area contributed by atoms with Gasteiger partial charge in [0.1, 0.15) is 5.82 Å². The van der Waals surface area contributed by atoms with Crippen LogP contribution in [0.3, 0.4) is 0 Å². The number of alkyl halides is 2. The Hall–Kier alpha value is -1.36. The van der Waals surface area contributed by atoms with E-state index in [-0.39, 0.29) is 17.3 Å². The topological polar surface area (TPSA) is 20.3 Å². The summed E-state index contributed by atoms with van der Waals surface area (Å²) in [4.78, 5) is 14.6. The summed E-state index contributed by atoms with van der Waals surface area (Å²) in [6.07, 6.45) is 1.38. The van der Waals surface area contributed by atoms with Gasteiger partial charge < -0.3 is 4.90 Å². The van der Waals surface area contributed by atoms with Crippen LogP contribution in [-0.2, 0) is 5.92 Å². The highest BCUT2D eigenvalue weighted by Crippen LogP contribution is 2.29. The molecule has 1 heterocycles. The fourth-order valence-electron chi connectivity index (χ4n) is 2.72. The molecule has 0 radical (unpaired) electrons. The van der Waals surface area contributed by atoms with Crippen molar-refractivity contribution in [1.82, 2.24) is 4.90 Å². The van der Waals surface area contributed by atoms with Crippen molar-refractivity contribution in [3.63, 3.8) is 0 Å². The lowest BCUT2D eigenvalue weighted by Gasteiger charge is -2.30. The average molecular weight is 299 g/mol. The predicted octanol–water partition coefficient (Wildman–Crippen LogP) is 3.85. The molecular weight excluding hydrogens is 279 g/mol. The minimum atomic E-state index is -3.10. The third-order valence-corrected chi connectivity index (χ3v) is 4.15. The van der Waals surface area contributed by atoms with Crippen LogP contribution in [0.1, 0.15) is 42.6 Å². The van der Waals surface area contributed by atoms with Crippen LogP contribution in [0.5, 0.6) is 0 Å². The van der Waals surface area contributed by atoms with E-state index in [0.717, 1.165) is 31.8 Å². The lowest BCUT2D eigenvalue weighted by Crippen LogP contribution is -2.36. The first-order chi connectivity index (χ1) is 9.82. The van der Waals surface area contributed by atoms with Crippen molar-refractivity contribution < 1.29 is 18.0 Å². The van der Waals surface area contributed by atoms with E-state index in [1.807, 2.05) is 0 Å². The van der Waals surface area contributed by atoms with Gasteiger partial charge >= 0.3 is 0 Å². The number of carbonyl (C=O) groups excluding carboxylic acids is 1. The molecule has 0 N–H and O–H groups in total. The van der Waals surface area contributed by atoms with Crippen LogP contribution in [0.15, 0.2) is 18.2 Å². The van der Waals surface area contributed by atoms with Crippen LogP contribution in [-0.4, -0.2) is 30.3 Å². The maximum absolute atomic E-state index is 14.0. The number of hydrogen-bond donors (Lipinski definition) is 0. The van der Waals surface area contributed by atoms with Crippen LogP contribution >= 0.6 is 0 Å². The van der Waals surface area contributed by atoms with Crippen molar-refractivity contribution in [3.05, 3.63) is 35.1 Å². The second-order valence-corrected chi connectivity index (χ2v) is 5.66. The van der Waals surface area contributed by atoms with Gasteiger partial charge in [0, 0.05) is 18.4 Å². The summed E-state index contributed by atoms with van der Waals surface area (Å²) in [5.74, 6) is -4.43. The van der Waals surface area contributed by atoms with E-state index in [1.165, 1.54) is 6.07 Å². The Kier molecular flexibility index (Phi) is 4.71. The second-order valence-electron chi connectivity index (χ2n) is 5.66. The monoisotopic (exact) mass is 299 g/mol. The first kappa shape index (κ1) is 16.0. The number of ketones is 1. The van der Waals surface area contributed by atoms with Gasteiger partial charge in [0.25, 0.3) is 5.92 Å². The number of hydrogen-bond acceptors (Lipinski definition) is 2. The summed E-state index contributed by atoms with van der Waals surface area (Å²) in [6, 6.07) is 3.10. The average Bonchev–Trinajstić information content (AvgIpc) is 2.45. The minimum Gasteiger partial charge on any atom is -0.304 e.